The van der Waals surface area contributed by atoms with Crippen LogP contribution < -0.4 is 10.9 Å². The third-order valence-corrected chi connectivity index (χ3v) is 9.23. The van der Waals surface area contributed by atoms with Gasteiger partial charge in [0.1, 0.15) is 17.2 Å². The number of piperidine rings is 1. The van der Waals surface area contributed by atoms with Gasteiger partial charge in [-0.25, -0.2) is 27.8 Å². The SMILES string of the molecule is Cc1c(C(=O)CC/C=C/c2ccc3nc(Cc4ccc(NC5CCN(C)CC5)c(F)c4)ncc3c2)c(=O)n(Cc2ccc(F)c(F)c2)n1C. The number of ketones is 1. The molecule has 0 radical (unpaired) electrons. The smallest absolute Gasteiger partial charge is 0.278 e. The highest BCUT2D eigenvalue weighted by Crippen LogP contribution is 2.22. The Bertz CT molecular complexity index is 2100. The first-order valence-electron chi connectivity index (χ1n) is 16.4. The number of hydrogen-bond acceptors (Lipinski definition) is 6. The molecule has 1 saturated heterocycles. The molecule has 1 N–H and O–H groups in total. The van der Waals surface area contributed by atoms with E-state index in [9.17, 15) is 22.8 Å². The Morgan fingerprint density at radius 1 is 0.959 bits per heavy atom. The van der Waals surface area contributed by atoms with Crippen molar-refractivity contribution in [3.05, 3.63) is 128 Å². The average molecular weight is 669 g/mol. The summed E-state index contributed by atoms with van der Waals surface area (Å²) < 4.78 is 44.9. The molecule has 2 aromatic heterocycles. The van der Waals surface area contributed by atoms with Crippen molar-refractivity contribution in [2.75, 3.05) is 25.5 Å². The van der Waals surface area contributed by atoms with Crippen LogP contribution in [0.3, 0.4) is 0 Å². The lowest BCUT2D eigenvalue weighted by atomic mass is 10.0. The van der Waals surface area contributed by atoms with E-state index in [0.717, 1.165) is 60.1 Å². The van der Waals surface area contributed by atoms with Gasteiger partial charge >= 0.3 is 0 Å². The first-order valence-corrected chi connectivity index (χ1v) is 16.4. The molecule has 0 unspecified atom stereocenters. The summed E-state index contributed by atoms with van der Waals surface area (Å²) >= 11 is 0. The summed E-state index contributed by atoms with van der Waals surface area (Å²) in [7, 11) is 3.76. The first-order chi connectivity index (χ1) is 23.5. The monoisotopic (exact) mass is 668 g/mol. The second kappa shape index (κ2) is 14.6. The van der Waals surface area contributed by atoms with Crippen LogP contribution in [0.1, 0.15) is 64.2 Å². The molecule has 0 bridgehead atoms. The number of anilines is 1. The fourth-order valence-corrected chi connectivity index (χ4v) is 6.25. The summed E-state index contributed by atoms with van der Waals surface area (Å²) in [6.07, 6.45) is 8.50. The molecule has 0 spiro atoms. The Morgan fingerprint density at radius 2 is 1.71 bits per heavy atom. The second-order valence-corrected chi connectivity index (χ2v) is 12.8. The number of carbonyl (C=O) groups excluding carboxylic acids is 1. The summed E-state index contributed by atoms with van der Waals surface area (Å²) in [6.45, 7) is 3.71. The molecule has 0 atom stereocenters. The van der Waals surface area contributed by atoms with E-state index in [1.165, 1.54) is 10.7 Å². The summed E-state index contributed by atoms with van der Waals surface area (Å²) in [5, 5.41) is 4.20. The van der Waals surface area contributed by atoms with Gasteiger partial charge in [0.15, 0.2) is 17.4 Å². The van der Waals surface area contributed by atoms with Crippen LogP contribution in [0, 0.1) is 24.4 Å². The van der Waals surface area contributed by atoms with Gasteiger partial charge in [-0.05, 0) is 99.4 Å². The van der Waals surface area contributed by atoms with E-state index in [2.05, 4.69) is 27.2 Å². The minimum atomic E-state index is -0.992. The van der Waals surface area contributed by atoms with Crippen LogP contribution in [0.25, 0.3) is 17.0 Å². The van der Waals surface area contributed by atoms with Crippen molar-refractivity contribution >= 4 is 28.4 Å². The molecule has 3 heterocycles. The van der Waals surface area contributed by atoms with E-state index in [-0.39, 0.29) is 36.2 Å². The normalized spacial score (nSPS) is 14.2. The van der Waals surface area contributed by atoms with Gasteiger partial charge in [-0.2, -0.15) is 0 Å². The van der Waals surface area contributed by atoms with Crippen molar-refractivity contribution in [2.45, 2.75) is 51.6 Å². The van der Waals surface area contributed by atoms with Gasteiger partial charge in [-0.1, -0.05) is 30.4 Å². The fraction of sp³-hybridized carbons (Fsp3) is 0.316. The molecule has 0 saturated carbocycles. The van der Waals surface area contributed by atoms with Crippen LogP contribution in [0.5, 0.6) is 0 Å². The van der Waals surface area contributed by atoms with Gasteiger partial charge < -0.3 is 10.2 Å². The van der Waals surface area contributed by atoms with Crippen molar-refractivity contribution in [1.29, 1.82) is 0 Å². The predicted octanol–water partition coefficient (Wildman–Crippen LogP) is 6.68. The number of carbonyl (C=O) groups is 1. The van der Waals surface area contributed by atoms with Gasteiger partial charge in [0, 0.05) is 43.2 Å². The lowest BCUT2D eigenvalue weighted by molar-refractivity contribution is 0.0982. The zero-order valence-electron chi connectivity index (χ0n) is 27.8. The van der Waals surface area contributed by atoms with Crippen LogP contribution in [0.2, 0.25) is 0 Å². The third-order valence-electron chi connectivity index (χ3n) is 9.23. The van der Waals surface area contributed by atoms with Crippen molar-refractivity contribution in [1.82, 2.24) is 24.2 Å². The van der Waals surface area contributed by atoms with Crippen molar-refractivity contribution in [3.63, 3.8) is 0 Å². The molecule has 254 valence electrons. The average Bonchev–Trinajstić information content (AvgIpc) is 3.29. The summed E-state index contributed by atoms with van der Waals surface area (Å²) in [5.74, 6) is -1.91. The fourth-order valence-electron chi connectivity index (χ4n) is 6.25. The summed E-state index contributed by atoms with van der Waals surface area (Å²) in [4.78, 5) is 37.7. The Labute approximate surface area is 282 Å². The molecule has 8 nitrogen and oxygen atoms in total. The number of hydrogen-bond donors (Lipinski definition) is 1. The van der Waals surface area contributed by atoms with Gasteiger partial charge in [0.05, 0.1) is 17.7 Å². The number of fused-ring (bicyclic) bond motifs is 1. The topological polar surface area (TPSA) is 85.1 Å². The van der Waals surface area contributed by atoms with Gasteiger partial charge in [-0.15, -0.1) is 0 Å². The molecule has 1 aliphatic heterocycles. The Morgan fingerprint density at radius 3 is 2.47 bits per heavy atom. The number of Topliss-reactive ketones (excluding diaryl/α,β-unsaturated/α-hetero) is 1. The minimum Gasteiger partial charge on any atom is -0.380 e. The number of allylic oxidation sites excluding steroid dienone is 1. The van der Waals surface area contributed by atoms with Crippen LogP contribution in [-0.4, -0.2) is 56.2 Å². The van der Waals surface area contributed by atoms with E-state index in [0.29, 0.717) is 35.6 Å². The van der Waals surface area contributed by atoms with E-state index in [1.54, 1.807) is 37.0 Å². The molecular weight excluding hydrogens is 629 g/mol. The number of halogens is 3. The van der Waals surface area contributed by atoms with Crippen molar-refractivity contribution in [2.24, 2.45) is 7.05 Å². The maximum absolute atomic E-state index is 14.9. The standard InChI is InChI=1S/C38H39F3N6O2/c1-24-37(38(49)47(46(24)3)23-27-8-11-30(39)31(40)20-27)35(48)7-5-4-6-25-9-12-33-28(18-25)22-42-36(44-33)21-26-10-13-34(32(41)19-26)43-29-14-16-45(2)17-15-29/h4,6,8-13,18-20,22,29,43H,5,7,14-17,21,23H2,1-3H3/b6-4+. The Kier molecular flexibility index (Phi) is 10.1. The van der Waals surface area contributed by atoms with Gasteiger partial charge in [-0.3, -0.25) is 14.3 Å². The maximum atomic E-state index is 14.9. The first kappa shape index (κ1) is 33.9. The maximum Gasteiger partial charge on any atom is 0.278 e. The summed E-state index contributed by atoms with van der Waals surface area (Å²) in [6, 6.07) is 14.8. The quantitative estimate of drug-likeness (QED) is 0.158. The molecule has 6 rings (SSSR count). The van der Waals surface area contributed by atoms with Crippen LogP contribution in [-0.2, 0) is 20.0 Å². The number of nitrogens with one attached hydrogen (secondary N) is 1. The number of rotatable bonds is 11. The molecule has 3 aromatic carbocycles. The highest BCUT2D eigenvalue weighted by molar-refractivity contribution is 5.97. The zero-order valence-corrected chi connectivity index (χ0v) is 27.8. The number of nitrogens with zero attached hydrogens (tertiary/aromatic N) is 5. The number of benzene rings is 3. The van der Waals surface area contributed by atoms with E-state index < -0.39 is 17.2 Å². The van der Waals surface area contributed by atoms with E-state index in [4.69, 9.17) is 0 Å². The molecule has 0 aliphatic carbocycles. The molecule has 1 aliphatic rings. The van der Waals surface area contributed by atoms with Crippen molar-refractivity contribution < 1.29 is 18.0 Å². The number of likely N-dealkylation sites (tertiary alicyclic amines) is 1. The van der Waals surface area contributed by atoms with Gasteiger partial charge in [0.2, 0.25) is 0 Å². The predicted molar refractivity (Wildman–Crippen MR) is 185 cm³/mol. The molecule has 1 fully saturated rings. The summed E-state index contributed by atoms with van der Waals surface area (Å²) in [5.41, 5.74) is 3.57. The highest BCUT2D eigenvalue weighted by Gasteiger charge is 2.21. The van der Waals surface area contributed by atoms with Crippen LogP contribution in [0.15, 0.2) is 71.7 Å². The third kappa shape index (κ3) is 7.83. The molecular formula is C38H39F3N6O2. The molecule has 11 heteroatoms. The van der Waals surface area contributed by atoms with E-state index >= 15 is 0 Å². The second-order valence-electron chi connectivity index (χ2n) is 12.8. The Hall–Kier alpha value is -5.03. The largest absolute Gasteiger partial charge is 0.380 e. The molecule has 49 heavy (non-hydrogen) atoms. The van der Waals surface area contributed by atoms with Crippen LogP contribution >= 0.6 is 0 Å². The van der Waals surface area contributed by atoms with Gasteiger partial charge in [0.25, 0.3) is 5.56 Å². The minimum absolute atomic E-state index is 0.00980. The van der Waals surface area contributed by atoms with E-state index in [1.807, 2.05) is 36.4 Å². The number of aromatic nitrogens is 4. The lowest BCUT2D eigenvalue weighted by Gasteiger charge is -2.30. The highest BCUT2D eigenvalue weighted by atomic mass is 19.2. The van der Waals surface area contributed by atoms with Crippen molar-refractivity contribution in [3.8, 4) is 0 Å². The van der Waals surface area contributed by atoms with Crippen LogP contribution in [0.4, 0.5) is 18.9 Å². The lowest BCUT2D eigenvalue weighted by Crippen LogP contribution is -2.36. The zero-order chi connectivity index (χ0) is 34.7. The Balaban J connectivity index is 1.05. The molecule has 0 amide bonds. The molecule has 5 aromatic rings.